The smallest absolute Gasteiger partial charge is 0.338 e. The van der Waals surface area contributed by atoms with Crippen LogP contribution >= 0.6 is 0 Å². The lowest BCUT2D eigenvalue weighted by atomic mass is 10.1. The number of carbonyl (C=O) groups excluding carboxylic acids is 1. The number of aromatic nitrogens is 3. The predicted octanol–water partition coefficient (Wildman–Crippen LogP) is 4.65. The van der Waals surface area contributed by atoms with E-state index in [-0.39, 0.29) is 11.5 Å². The van der Waals surface area contributed by atoms with E-state index in [1.165, 1.54) is 23.9 Å². The lowest BCUT2D eigenvalue weighted by molar-refractivity contribution is 0.0497. The van der Waals surface area contributed by atoms with Crippen molar-refractivity contribution in [2.24, 2.45) is 0 Å². The van der Waals surface area contributed by atoms with E-state index >= 15 is 0 Å². The molecule has 0 unspecified atom stereocenters. The fourth-order valence-corrected chi connectivity index (χ4v) is 4.70. The number of hydrogen-bond donors (Lipinski definition) is 0. The Morgan fingerprint density at radius 2 is 1.79 bits per heavy atom. The molecule has 0 bridgehead atoms. The number of carbonyl (C=O) groups is 1. The zero-order valence-corrected chi connectivity index (χ0v) is 21.9. The first-order valence-corrected chi connectivity index (χ1v) is 13.6. The molecule has 0 spiro atoms. The van der Waals surface area contributed by atoms with E-state index in [4.69, 9.17) is 14.2 Å². The molecule has 3 aromatic carbocycles. The Morgan fingerprint density at radius 3 is 2.55 bits per heavy atom. The van der Waals surface area contributed by atoms with E-state index in [9.17, 15) is 17.8 Å². The van der Waals surface area contributed by atoms with Crippen molar-refractivity contribution in [1.82, 2.24) is 15.0 Å². The summed E-state index contributed by atoms with van der Waals surface area (Å²) < 4.78 is 53.1. The number of esters is 1. The largest absolute Gasteiger partial charge is 0.744 e. The maximum absolute atomic E-state index is 12.4. The highest BCUT2D eigenvalue weighted by atomic mass is 32.2. The van der Waals surface area contributed by atoms with E-state index < -0.39 is 16.1 Å². The Kier molecular flexibility index (Phi) is 8.59. The molecule has 0 aliphatic heterocycles. The van der Waals surface area contributed by atoms with Gasteiger partial charge in [0, 0.05) is 10.8 Å². The molecule has 4 aromatic rings. The summed E-state index contributed by atoms with van der Waals surface area (Å²) in [6.45, 7) is 2.56. The Labute approximate surface area is 220 Å². The zero-order valence-electron chi connectivity index (χ0n) is 21.1. The van der Waals surface area contributed by atoms with Crippen LogP contribution in [-0.2, 0) is 21.5 Å². The summed E-state index contributed by atoms with van der Waals surface area (Å²) in [6, 6.07) is 14.3. The number of fused-ring (bicyclic) bond motifs is 1. The van der Waals surface area contributed by atoms with Crippen LogP contribution < -0.4 is 9.47 Å². The quantitative estimate of drug-likeness (QED) is 0.144. The van der Waals surface area contributed by atoms with Gasteiger partial charge in [0.1, 0.15) is 22.4 Å². The monoisotopic (exact) mass is 538 g/mol. The van der Waals surface area contributed by atoms with Gasteiger partial charge in [0.2, 0.25) is 0 Å². The van der Waals surface area contributed by atoms with Crippen molar-refractivity contribution in [3.8, 4) is 17.2 Å². The maximum atomic E-state index is 12.4. The average Bonchev–Trinajstić information content (AvgIpc) is 3.39. The Bertz CT molecular complexity index is 1530. The Balaban J connectivity index is 1.46. The highest BCUT2D eigenvalue weighted by Crippen LogP contribution is 2.30. The van der Waals surface area contributed by atoms with Crippen LogP contribution in [0.2, 0.25) is 0 Å². The summed E-state index contributed by atoms with van der Waals surface area (Å²) >= 11 is 0. The number of benzene rings is 3. The van der Waals surface area contributed by atoms with Crippen LogP contribution in [0.3, 0.4) is 0 Å². The van der Waals surface area contributed by atoms with Gasteiger partial charge in [-0.1, -0.05) is 55.7 Å². The summed E-state index contributed by atoms with van der Waals surface area (Å²) in [6.07, 6.45) is 5.72. The normalized spacial score (nSPS) is 11.4. The molecule has 10 nitrogen and oxygen atoms in total. The van der Waals surface area contributed by atoms with E-state index in [1.807, 2.05) is 0 Å². The minimum absolute atomic E-state index is 0.0581. The van der Waals surface area contributed by atoms with Crippen LogP contribution in [0.5, 0.6) is 11.5 Å². The van der Waals surface area contributed by atoms with Gasteiger partial charge in [0.15, 0.2) is 11.5 Å². The molecule has 0 N–H and O–H groups in total. The van der Waals surface area contributed by atoms with Crippen molar-refractivity contribution >= 4 is 26.9 Å². The molecule has 0 fully saturated rings. The first kappa shape index (κ1) is 27.1. The van der Waals surface area contributed by atoms with Crippen molar-refractivity contribution in [2.75, 3.05) is 13.7 Å². The molecule has 0 atom stereocenters. The molecule has 4 rings (SSSR count). The van der Waals surface area contributed by atoms with Gasteiger partial charge in [0.25, 0.3) is 0 Å². The highest BCUT2D eigenvalue weighted by molar-refractivity contribution is 7.86. The first-order valence-electron chi connectivity index (χ1n) is 12.2. The summed E-state index contributed by atoms with van der Waals surface area (Å²) in [5.74, 6) is 0.368. The van der Waals surface area contributed by atoms with Crippen LogP contribution in [-0.4, -0.2) is 47.7 Å². The molecule has 38 heavy (non-hydrogen) atoms. The van der Waals surface area contributed by atoms with Gasteiger partial charge < -0.3 is 18.8 Å². The maximum Gasteiger partial charge on any atom is 0.338 e. The van der Waals surface area contributed by atoms with Gasteiger partial charge >= 0.3 is 5.97 Å². The van der Waals surface area contributed by atoms with E-state index in [1.54, 1.807) is 48.7 Å². The van der Waals surface area contributed by atoms with Gasteiger partial charge in [0.05, 0.1) is 36.1 Å². The molecule has 1 heterocycles. The van der Waals surface area contributed by atoms with Crippen molar-refractivity contribution in [3.05, 3.63) is 72.1 Å². The second-order valence-corrected chi connectivity index (χ2v) is 9.94. The lowest BCUT2D eigenvalue weighted by Gasteiger charge is -2.12. The minimum Gasteiger partial charge on any atom is -0.744 e. The molecule has 0 amide bonds. The van der Waals surface area contributed by atoms with Crippen LogP contribution in [0.15, 0.2) is 65.7 Å². The summed E-state index contributed by atoms with van der Waals surface area (Å²) in [5.41, 5.74) is 1.42. The van der Waals surface area contributed by atoms with Gasteiger partial charge in [-0.25, -0.2) is 17.9 Å². The van der Waals surface area contributed by atoms with Gasteiger partial charge in [-0.15, -0.1) is 5.10 Å². The number of rotatable bonds is 12. The average molecular weight is 539 g/mol. The molecule has 1 aromatic heterocycles. The molecule has 200 valence electrons. The Morgan fingerprint density at radius 1 is 1.00 bits per heavy atom. The molecule has 0 radical (unpaired) electrons. The van der Waals surface area contributed by atoms with E-state index in [0.717, 1.165) is 25.7 Å². The molecular formula is C27H28N3O7S-. The molecule has 0 saturated heterocycles. The second kappa shape index (κ2) is 12.1. The molecule has 0 saturated carbocycles. The first-order chi connectivity index (χ1) is 18.3. The van der Waals surface area contributed by atoms with E-state index in [0.29, 0.717) is 45.8 Å². The second-order valence-electron chi connectivity index (χ2n) is 8.59. The zero-order chi connectivity index (χ0) is 27.1. The summed E-state index contributed by atoms with van der Waals surface area (Å²) in [7, 11) is -3.16. The van der Waals surface area contributed by atoms with Crippen molar-refractivity contribution in [3.63, 3.8) is 0 Å². The van der Waals surface area contributed by atoms with Crippen molar-refractivity contribution in [1.29, 1.82) is 0 Å². The van der Waals surface area contributed by atoms with Gasteiger partial charge in [-0.3, -0.25) is 0 Å². The fourth-order valence-electron chi connectivity index (χ4n) is 4.01. The van der Waals surface area contributed by atoms with Crippen molar-refractivity contribution < 1.29 is 32.0 Å². The Hall–Kier alpha value is -3.96. The molecular weight excluding hydrogens is 510 g/mol. The number of methoxy groups -OCH3 is 1. The number of nitrogens with zero attached hydrogens (tertiary/aromatic N) is 3. The summed E-state index contributed by atoms with van der Waals surface area (Å²) in [4.78, 5) is 12.1. The molecule has 0 aliphatic carbocycles. The predicted molar refractivity (Wildman–Crippen MR) is 139 cm³/mol. The minimum atomic E-state index is -4.64. The standard InChI is InChI=1S/C27H29N3O7S/c1-3-4-5-6-15-36-27(31)19-13-14-24(25(16-19)35-2)37-18-20-17-30(29-28-20)23-11-7-10-22-21(23)9-8-12-26(22)38(32,33)34/h7-14,16-17H,3-6,15,18H2,1-2H3,(H,32,33,34)/p-1. The third-order valence-corrected chi connectivity index (χ3v) is 6.82. The molecule has 11 heteroatoms. The lowest BCUT2D eigenvalue weighted by Crippen LogP contribution is -2.07. The van der Waals surface area contributed by atoms with Crippen LogP contribution in [0.4, 0.5) is 0 Å². The van der Waals surface area contributed by atoms with E-state index in [2.05, 4.69) is 17.2 Å². The summed E-state index contributed by atoms with van der Waals surface area (Å²) in [5, 5.41) is 9.11. The SMILES string of the molecule is CCCCCCOC(=O)c1ccc(OCc2cn(-c3cccc4c(S(=O)(=O)[O-])cccc34)nn2)c(OC)c1. The van der Waals surface area contributed by atoms with Crippen LogP contribution in [0.25, 0.3) is 16.5 Å². The third kappa shape index (κ3) is 6.29. The fraction of sp³-hybridized carbons (Fsp3) is 0.296. The van der Waals surface area contributed by atoms with Crippen LogP contribution in [0.1, 0.15) is 48.7 Å². The number of hydrogen-bond acceptors (Lipinski definition) is 9. The molecule has 0 aliphatic rings. The van der Waals surface area contributed by atoms with Gasteiger partial charge in [-0.2, -0.15) is 0 Å². The number of unbranched alkanes of at least 4 members (excludes halogenated alkanes) is 3. The van der Waals surface area contributed by atoms with Gasteiger partial charge in [-0.05, 0) is 36.8 Å². The van der Waals surface area contributed by atoms with Crippen molar-refractivity contribution in [2.45, 2.75) is 44.1 Å². The van der Waals surface area contributed by atoms with Crippen LogP contribution in [0, 0.1) is 0 Å². The number of ether oxygens (including phenoxy) is 3. The highest BCUT2D eigenvalue weighted by Gasteiger charge is 2.15. The third-order valence-electron chi connectivity index (χ3n) is 5.92. The topological polar surface area (TPSA) is 133 Å².